The SMILES string of the molecule is CCn1c(SCC(=O)NCc2ccccc2)nnc1C(C)NC(=O)c1ccc(Cl)cc1. The van der Waals surface area contributed by atoms with E-state index in [0.717, 1.165) is 5.56 Å². The summed E-state index contributed by atoms with van der Waals surface area (Å²) in [5.74, 6) is 0.572. The molecule has 0 aliphatic rings. The number of carbonyl (C=O) groups excluding carboxylic acids is 2. The number of nitrogens with one attached hydrogen (secondary N) is 2. The van der Waals surface area contributed by atoms with E-state index in [1.807, 2.05) is 48.7 Å². The van der Waals surface area contributed by atoms with Crippen molar-refractivity contribution in [2.24, 2.45) is 0 Å². The maximum absolute atomic E-state index is 12.5. The Morgan fingerprint density at radius 1 is 1.10 bits per heavy atom. The Morgan fingerprint density at radius 2 is 1.81 bits per heavy atom. The smallest absolute Gasteiger partial charge is 0.251 e. The minimum atomic E-state index is -0.350. The molecule has 1 heterocycles. The van der Waals surface area contributed by atoms with E-state index in [2.05, 4.69) is 20.8 Å². The Hall–Kier alpha value is -2.84. The number of amides is 2. The molecule has 0 fully saturated rings. The molecule has 1 aromatic heterocycles. The monoisotopic (exact) mass is 457 g/mol. The zero-order valence-electron chi connectivity index (χ0n) is 17.3. The second-order valence-corrected chi connectivity index (χ2v) is 8.22. The van der Waals surface area contributed by atoms with E-state index in [1.54, 1.807) is 24.3 Å². The topological polar surface area (TPSA) is 88.9 Å². The van der Waals surface area contributed by atoms with Crippen LogP contribution in [0.15, 0.2) is 59.8 Å². The fraction of sp³-hybridized carbons (Fsp3) is 0.273. The number of hydrogen-bond donors (Lipinski definition) is 2. The lowest BCUT2D eigenvalue weighted by Gasteiger charge is -2.15. The summed E-state index contributed by atoms with van der Waals surface area (Å²) in [6, 6.07) is 16.1. The largest absolute Gasteiger partial charge is 0.351 e. The summed E-state index contributed by atoms with van der Waals surface area (Å²) in [6.45, 7) is 4.93. The molecule has 0 bridgehead atoms. The Kier molecular flexibility index (Phi) is 8.08. The Bertz CT molecular complexity index is 1020. The molecule has 3 aromatic rings. The summed E-state index contributed by atoms with van der Waals surface area (Å²) in [7, 11) is 0. The Labute approximate surface area is 190 Å². The van der Waals surface area contributed by atoms with Crippen molar-refractivity contribution in [3.05, 3.63) is 76.6 Å². The number of carbonyl (C=O) groups is 2. The molecule has 2 amide bonds. The molecule has 162 valence electrons. The summed E-state index contributed by atoms with van der Waals surface area (Å²) < 4.78 is 1.90. The fourth-order valence-corrected chi connectivity index (χ4v) is 3.91. The first-order chi connectivity index (χ1) is 15.0. The summed E-state index contributed by atoms with van der Waals surface area (Å²) in [5.41, 5.74) is 1.56. The molecule has 3 rings (SSSR count). The Balaban J connectivity index is 1.57. The minimum absolute atomic E-state index is 0.0786. The lowest BCUT2D eigenvalue weighted by atomic mass is 10.2. The molecule has 31 heavy (non-hydrogen) atoms. The second-order valence-electron chi connectivity index (χ2n) is 6.84. The van der Waals surface area contributed by atoms with Crippen LogP contribution >= 0.6 is 23.4 Å². The maximum Gasteiger partial charge on any atom is 0.251 e. The number of aromatic nitrogens is 3. The van der Waals surface area contributed by atoms with Gasteiger partial charge in [-0.05, 0) is 43.7 Å². The van der Waals surface area contributed by atoms with Crippen molar-refractivity contribution >= 4 is 35.2 Å². The molecule has 0 spiro atoms. The number of halogens is 1. The number of benzene rings is 2. The van der Waals surface area contributed by atoms with E-state index in [0.29, 0.717) is 34.7 Å². The molecule has 7 nitrogen and oxygen atoms in total. The van der Waals surface area contributed by atoms with Crippen LogP contribution < -0.4 is 10.6 Å². The summed E-state index contributed by atoms with van der Waals surface area (Å²) in [4.78, 5) is 24.7. The van der Waals surface area contributed by atoms with Gasteiger partial charge in [0.2, 0.25) is 5.91 Å². The van der Waals surface area contributed by atoms with Crippen molar-refractivity contribution in [1.29, 1.82) is 0 Å². The normalized spacial score (nSPS) is 11.7. The van der Waals surface area contributed by atoms with Gasteiger partial charge in [0.1, 0.15) is 0 Å². The van der Waals surface area contributed by atoms with Crippen molar-refractivity contribution in [2.45, 2.75) is 38.1 Å². The molecular weight excluding hydrogens is 434 g/mol. The predicted octanol–water partition coefficient (Wildman–Crippen LogP) is 3.85. The third-order valence-corrected chi connectivity index (χ3v) is 5.79. The molecule has 2 aromatic carbocycles. The molecule has 1 unspecified atom stereocenters. The van der Waals surface area contributed by atoms with Crippen LogP contribution in [0.3, 0.4) is 0 Å². The number of nitrogens with zero attached hydrogens (tertiary/aromatic N) is 3. The molecule has 0 aliphatic carbocycles. The van der Waals surface area contributed by atoms with Gasteiger partial charge < -0.3 is 15.2 Å². The first-order valence-electron chi connectivity index (χ1n) is 9.91. The average molecular weight is 458 g/mol. The molecule has 0 saturated carbocycles. The molecule has 0 radical (unpaired) electrons. The van der Waals surface area contributed by atoms with Crippen LogP contribution in [0.4, 0.5) is 0 Å². The Morgan fingerprint density at radius 3 is 2.48 bits per heavy atom. The quantitative estimate of drug-likeness (QED) is 0.476. The number of hydrogen-bond acceptors (Lipinski definition) is 5. The van der Waals surface area contributed by atoms with Crippen LogP contribution in [-0.2, 0) is 17.9 Å². The predicted molar refractivity (Wildman–Crippen MR) is 122 cm³/mol. The summed E-state index contributed by atoms with van der Waals surface area (Å²) >= 11 is 7.20. The highest BCUT2D eigenvalue weighted by atomic mass is 35.5. The van der Waals surface area contributed by atoms with Gasteiger partial charge in [0.25, 0.3) is 5.91 Å². The summed E-state index contributed by atoms with van der Waals surface area (Å²) in [5, 5.41) is 15.5. The van der Waals surface area contributed by atoms with Gasteiger partial charge in [-0.2, -0.15) is 0 Å². The van der Waals surface area contributed by atoms with Crippen LogP contribution in [0.1, 0.15) is 41.6 Å². The van der Waals surface area contributed by atoms with E-state index in [4.69, 9.17) is 11.6 Å². The third-order valence-electron chi connectivity index (χ3n) is 4.57. The van der Waals surface area contributed by atoms with Crippen LogP contribution in [0, 0.1) is 0 Å². The van der Waals surface area contributed by atoms with Gasteiger partial charge in [-0.1, -0.05) is 53.7 Å². The standard InChI is InChI=1S/C22H24ClN5O2S/c1-3-28-20(15(2)25-21(30)17-9-11-18(23)12-10-17)26-27-22(28)31-14-19(29)24-13-16-7-5-4-6-8-16/h4-12,15H,3,13-14H2,1-2H3,(H,24,29)(H,25,30). The van der Waals surface area contributed by atoms with Gasteiger partial charge in [0.05, 0.1) is 11.8 Å². The maximum atomic E-state index is 12.5. The molecule has 0 aliphatic heterocycles. The van der Waals surface area contributed by atoms with Crippen LogP contribution in [0.25, 0.3) is 0 Å². The van der Waals surface area contributed by atoms with E-state index >= 15 is 0 Å². The van der Waals surface area contributed by atoms with E-state index in [9.17, 15) is 9.59 Å². The lowest BCUT2D eigenvalue weighted by Crippen LogP contribution is -2.28. The lowest BCUT2D eigenvalue weighted by molar-refractivity contribution is -0.118. The van der Waals surface area contributed by atoms with Crippen molar-refractivity contribution in [2.75, 3.05) is 5.75 Å². The van der Waals surface area contributed by atoms with Crippen molar-refractivity contribution in [3.63, 3.8) is 0 Å². The highest BCUT2D eigenvalue weighted by Crippen LogP contribution is 2.21. The van der Waals surface area contributed by atoms with Crippen molar-refractivity contribution in [3.8, 4) is 0 Å². The first kappa shape index (κ1) is 22.8. The van der Waals surface area contributed by atoms with Gasteiger partial charge in [-0.15, -0.1) is 10.2 Å². The highest BCUT2D eigenvalue weighted by Gasteiger charge is 2.20. The fourth-order valence-electron chi connectivity index (χ4n) is 2.95. The number of rotatable bonds is 9. The highest BCUT2D eigenvalue weighted by molar-refractivity contribution is 7.99. The first-order valence-corrected chi connectivity index (χ1v) is 11.3. The van der Waals surface area contributed by atoms with Gasteiger partial charge in [-0.25, -0.2) is 0 Å². The average Bonchev–Trinajstić information content (AvgIpc) is 3.20. The molecule has 2 N–H and O–H groups in total. The zero-order chi connectivity index (χ0) is 22.2. The van der Waals surface area contributed by atoms with Crippen LogP contribution in [0.5, 0.6) is 0 Å². The molecule has 9 heteroatoms. The van der Waals surface area contributed by atoms with Gasteiger partial charge in [0.15, 0.2) is 11.0 Å². The second kappa shape index (κ2) is 11.0. The van der Waals surface area contributed by atoms with Gasteiger partial charge >= 0.3 is 0 Å². The van der Waals surface area contributed by atoms with Gasteiger partial charge in [0, 0.05) is 23.7 Å². The molecule has 0 saturated heterocycles. The van der Waals surface area contributed by atoms with Crippen molar-refractivity contribution in [1.82, 2.24) is 25.4 Å². The van der Waals surface area contributed by atoms with Crippen LogP contribution in [0.2, 0.25) is 5.02 Å². The van der Waals surface area contributed by atoms with E-state index in [-0.39, 0.29) is 23.6 Å². The van der Waals surface area contributed by atoms with Crippen LogP contribution in [-0.4, -0.2) is 32.3 Å². The van der Waals surface area contributed by atoms with Crippen molar-refractivity contribution < 1.29 is 9.59 Å². The summed E-state index contributed by atoms with van der Waals surface area (Å²) in [6.07, 6.45) is 0. The minimum Gasteiger partial charge on any atom is -0.351 e. The molecular formula is C22H24ClN5O2S. The van der Waals surface area contributed by atoms with E-state index in [1.165, 1.54) is 11.8 Å². The third kappa shape index (κ3) is 6.32. The zero-order valence-corrected chi connectivity index (χ0v) is 18.9. The molecule has 1 atom stereocenters. The van der Waals surface area contributed by atoms with E-state index < -0.39 is 0 Å². The number of thioether (sulfide) groups is 1. The van der Waals surface area contributed by atoms with Gasteiger partial charge in [-0.3, -0.25) is 9.59 Å².